The number of aromatic nitrogens is 4. The third kappa shape index (κ3) is 3.58. The molecule has 0 amide bonds. The molecular weight excluding hydrogens is 486 g/mol. The summed E-state index contributed by atoms with van der Waals surface area (Å²) in [4.78, 5) is 22.7. The lowest BCUT2D eigenvalue weighted by Gasteiger charge is -2.37. The number of aryl methyl sites for hydroxylation is 2. The summed E-state index contributed by atoms with van der Waals surface area (Å²) in [6.45, 7) is 4.36. The van der Waals surface area contributed by atoms with Crippen molar-refractivity contribution < 1.29 is 13.2 Å². The zero-order valence-electron chi connectivity index (χ0n) is 21.8. The monoisotopic (exact) mass is 519 g/mol. The molecule has 2 aromatic heterocycles. The Kier molecular flexibility index (Phi) is 5.41. The first-order valence-corrected chi connectivity index (χ1v) is 14.5. The average molecular weight is 520 g/mol. The number of nitrogens with zero attached hydrogens (tertiary/aromatic N) is 5. The molecule has 2 aliphatic carbocycles. The summed E-state index contributed by atoms with van der Waals surface area (Å²) >= 11 is 0. The highest BCUT2D eigenvalue weighted by molar-refractivity contribution is 7.89. The molecule has 2 saturated carbocycles. The van der Waals surface area contributed by atoms with Crippen LogP contribution in [0.25, 0.3) is 22.1 Å². The molecule has 2 aliphatic rings. The molecule has 0 radical (unpaired) electrons. The Labute approximate surface area is 217 Å². The molecule has 2 fully saturated rings. The van der Waals surface area contributed by atoms with E-state index in [0.29, 0.717) is 24.5 Å². The highest BCUT2D eigenvalue weighted by Gasteiger charge is 2.65. The van der Waals surface area contributed by atoms with Gasteiger partial charge in [-0.2, -0.15) is 4.31 Å². The lowest BCUT2D eigenvalue weighted by atomic mass is 9.70. The highest BCUT2D eigenvalue weighted by Crippen LogP contribution is 2.64. The van der Waals surface area contributed by atoms with E-state index in [4.69, 9.17) is 9.97 Å². The lowest BCUT2D eigenvalue weighted by Crippen LogP contribution is -2.46. The smallest absolute Gasteiger partial charge is 0.215 e. The number of benzene rings is 2. The number of fused-ring (bicyclic) bond motifs is 4. The van der Waals surface area contributed by atoms with E-state index in [0.717, 1.165) is 28.5 Å². The number of rotatable bonds is 7. The van der Waals surface area contributed by atoms with E-state index in [1.165, 1.54) is 4.31 Å². The van der Waals surface area contributed by atoms with Gasteiger partial charge in [-0.05, 0) is 48.4 Å². The first-order chi connectivity index (χ1) is 17.5. The molecule has 4 aromatic rings. The number of hydrogen-bond donors (Lipinski definition) is 0. The van der Waals surface area contributed by atoms with Gasteiger partial charge in [0.25, 0.3) is 0 Å². The Morgan fingerprint density at radius 3 is 1.86 bits per heavy atom. The van der Waals surface area contributed by atoms with Crippen LogP contribution < -0.4 is 0 Å². The standard InChI is InChI=1S/C28H33N5O3S/c1-27(2)19-13-14-28(27,24(34)15-19)18-37(35,36)33(16-25-29-20-9-5-7-11-22(20)31(25)3)17-26-30-21-10-6-8-12-23(21)32(26)4/h5-12,19H,13-18H2,1-4H3. The summed E-state index contributed by atoms with van der Waals surface area (Å²) in [7, 11) is -0.0304. The third-order valence-electron chi connectivity index (χ3n) is 9.36. The van der Waals surface area contributed by atoms with Gasteiger partial charge in [0.05, 0.1) is 40.9 Å². The topological polar surface area (TPSA) is 90.1 Å². The second-order valence-corrected chi connectivity index (χ2v) is 13.3. The van der Waals surface area contributed by atoms with Crippen molar-refractivity contribution in [2.75, 3.05) is 5.75 Å². The average Bonchev–Trinajstić information content (AvgIpc) is 3.49. The first-order valence-electron chi connectivity index (χ1n) is 12.9. The Morgan fingerprint density at radius 1 is 0.919 bits per heavy atom. The molecule has 194 valence electrons. The molecule has 0 saturated heterocycles. The van der Waals surface area contributed by atoms with Crippen LogP contribution >= 0.6 is 0 Å². The predicted octanol–water partition coefficient (Wildman–Crippen LogP) is 4.19. The Balaban J connectivity index is 1.42. The van der Waals surface area contributed by atoms with Gasteiger partial charge in [0, 0.05) is 25.9 Å². The molecule has 2 bridgehead atoms. The maximum absolute atomic E-state index is 14.3. The molecule has 6 rings (SSSR count). The van der Waals surface area contributed by atoms with Crippen molar-refractivity contribution in [2.24, 2.45) is 30.8 Å². The fourth-order valence-electron chi connectivity index (χ4n) is 6.75. The van der Waals surface area contributed by atoms with Crippen LogP contribution in [-0.2, 0) is 42.0 Å². The number of hydrogen-bond acceptors (Lipinski definition) is 5. The van der Waals surface area contributed by atoms with E-state index in [1.807, 2.05) is 71.8 Å². The van der Waals surface area contributed by atoms with E-state index in [2.05, 4.69) is 13.8 Å². The highest BCUT2D eigenvalue weighted by atomic mass is 32.2. The summed E-state index contributed by atoms with van der Waals surface area (Å²) in [6, 6.07) is 15.6. The largest absolute Gasteiger partial charge is 0.330 e. The SMILES string of the molecule is Cn1c(CN(Cc2nc3ccccc3n2C)S(=O)(=O)CC23CCC(CC2=O)C3(C)C)nc2ccccc21. The van der Waals surface area contributed by atoms with Crippen molar-refractivity contribution in [2.45, 2.75) is 46.2 Å². The van der Waals surface area contributed by atoms with Gasteiger partial charge < -0.3 is 9.13 Å². The van der Waals surface area contributed by atoms with Crippen LogP contribution in [0, 0.1) is 16.7 Å². The lowest BCUT2D eigenvalue weighted by molar-refractivity contribution is -0.128. The van der Waals surface area contributed by atoms with Gasteiger partial charge in [0.2, 0.25) is 10.0 Å². The molecule has 0 aliphatic heterocycles. The van der Waals surface area contributed by atoms with Gasteiger partial charge in [0.1, 0.15) is 17.4 Å². The second kappa shape index (κ2) is 8.23. The second-order valence-electron chi connectivity index (χ2n) is 11.3. The first kappa shape index (κ1) is 24.3. The molecule has 2 atom stereocenters. The molecule has 9 heteroatoms. The fourth-order valence-corrected chi connectivity index (χ4v) is 8.86. The van der Waals surface area contributed by atoms with Gasteiger partial charge in [-0.3, -0.25) is 4.79 Å². The molecule has 0 N–H and O–H groups in total. The van der Waals surface area contributed by atoms with Crippen LogP contribution in [-0.4, -0.2) is 43.4 Å². The van der Waals surface area contributed by atoms with Gasteiger partial charge in [0.15, 0.2) is 0 Å². The summed E-state index contributed by atoms with van der Waals surface area (Å²) in [6.07, 6.45) is 2.02. The third-order valence-corrected chi connectivity index (χ3v) is 11.3. The number of carbonyl (C=O) groups excluding carboxylic acids is 1. The van der Waals surface area contributed by atoms with E-state index in [9.17, 15) is 13.2 Å². The quantitative estimate of drug-likeness (QED) is 0.365. The van der Waals surface area contributed by atoms with Crippen molar-refractivity contribution >= 4 is 37.9 Å². The summed E-state index contributed by atoms with van der Waals surface area (Å²) in [5.74, 6) is 1.49. The maximum atomic E-state index is 14.3. The van der Waals surface area contributed by atoms with Crippen LogP contribution in [0.1, 0.15) is 44.8 Å². The van der Waals surface area contributed by atoms with Crippen LogP contribution in [0.5, 0.6) is 0 Å². The zero-order chi connectivity index (χ0) is 26.2. The van der Waals surface area contributed by atoms with E-state index in [1.54, 1.807) is 0 Å². The summed E-state index contributed by atoms with van der Waals surface area (Å²) in [5, 5.41) is 0. The van der Waals surface area contributed by atoms with Crippen LogP contribution in [0.2, 0.25) is 0 Å². The van der Waals surface area contributed by atoms with Crippen LogP contribution in [0.15, 0.2) is 48.5 Å². The van der Waals surface area contributed by atoms with Crippen molar-refractivity contribution in [1.29, 1.82) is 0 Å². The number of imidazole rings is 2. The van der Waals surface area contributed by atoms with E-state index < -0.39 is 15.4 Å². The Morgan fingerprint density at radius 2 is 1.43 bits per heavy atom. The van der Waals surface area contributed by atoms with Gasteiger partial charge >= 0.3 is 0 Å². The summed E-state index contributed by atoms with van der Waals surface area (Å²) < 4.78 is 33.9. The molecule has 0 spiro atoms. The van der Waals surface area contributed by atoms with Gasteiger partial charge in [-0.1, -0.05) is 38.1 Å². The number of ketones is 1. The molecule has 8 nitrogen and oxygen atoms in total. The number of carbonyl (C=O) groups is 1. The van der Waals surface area contributed by atoms with E-state index >= 15 is 0 Å². The molecule has 2 unspecified atom stereocenters. The van der Waals surface area contributed by atoms with Crippen molar-refractivity contribution in [3.05, 3.63) is 60.2 Å². The van der Waals surface area contributed by atoms with Crippen molar-refractivity contribution in [3.8, 4) is 0 Å². The minimum Gasteiger partial charge on any atom is -0.330 e. The van der Waals surface area contributed by atoms with Gasteiger partial charge in [-0.15, -0.1) is 0 Å². The van der Waals surface area contributed by atoms with Crippen molar-refractivity contribution in [3.63, 3.8) is 0 Å². The van der Waals surface area contributed by atoms with E-state index in [-0.39, 0.29) is 36.0 Å². The van der Waals surface area contributed by atoms with Crippen molar-refractivity contribution in [1.82, 2.24) is 23.4 Å². The molecule has 37 heavy (non-hydrogen) atoms. The zero-order valence-corrected chi connectivity index (χ0v) is 22.6. The van der Waals surface area contributed by atoms with Crippen LogP contribution in [0.3, 0.4) is 0 Å². The predicted molar refractivity (Wildman–Crippen MR) is 143 cm³/mol. The van der Waals surface area contributed by atoms with Gasteiger partial charge in [-0.25, -0.2) is 18.4 Å². The number of Topliss-reactive ketones (excluding diaryl/α,β-unsaturated/α-hetero) is 1. The number of sulfonamides is 1. The Bertz CT molecular complexity index is 1570. The Hall–Kier alpha value is -3.04. The number of para-hydroxylation sites is 4. The maximum Gasteiger partial charge on any atom is 0.215 e. The molecular formula is C28H33N5O3S. The minimum absolute atomic E-state index is 0.0998. The minimum atomic E-state index is -3.85. The molecule has 2 heterocycles. The van der Waals surface area contributed by atoms with Crippen LogP contribution in [0.4, 0.5) is 0 Å². The fraction of sp³-hybridized carbons (Fsp3) is 0.464. The summed E-state index contributed by atoms with van der Waals surface area (Å²) in [5.41, 5.74) is 2.36. The normalized spacial score (nSPS) is 23.2. The molecule has 2 aromatic carbocycles.